The van der Waals surface area contributed by atoms with Crippen LogP contribution in [0.3, 0.4) is 0 Å². The van der Waals surface area contributed by atoms with Gasteiger partial charge in [0.05, 0.1) is 6.10 Å². The van der Waals surface area contributed by atoms with Gasteiger partial charge in [0.2, 0.25) is 0 Å². The molecule has 16 heavy (non-hydrogen) atoms. The fourth-order valence-electron chi connectivity index (χ4n) is 1.24. The largest absolute Gasteiger partial charge is 0.390 e. The summed E-state index contributed by atoms with van der Waals surface area (Å²) in [7, 11) is 3.36. The maximum absolute atomic E-state index is 11.8. The summed E-state index contributed by atoms with van der Waals surface area (Å²) in [6, 6.07) is 0. The lowest BCUT2D eigenvalue weighted by atomic mass is 10.3. The van der Waals surface area contributed by atoms with Gasteiger partial charge in [-0.25, -0.2) is 4.98 Å². The van der Waals surface area contributed by atoms with Crippen molar-refractivity contribution in [2.45, 2.75) is 6.10 Å². The molecule has 1 heterocycles. The van der Waals surface area contributed by atoms with Crippen LogP contribution < -0.4 is 5.32 Å². The van der Waals surface area contributed by atoms with Crippen molar-refractivity contribution in [2.24, 2.45) is 0 Å². The molecular weight excluding hydrogens is 250 g/mol. The Kier molecular flexibility index (Phi) is 5.14. The first kappa shape index (κ1) is 13.4. The van der Waals surface area contributed by atoms with Crippen molar-refractivity contribution in [1.82, 2.24) is 15.2 Å². The average molecular weight is 264 g/mol. The van der Waals surface area contributed by atoms with Crippen LogP contribution in [0.5, 0.6) is 0 Å². The van der Waals surface area contributed by atoms with E-state index in [9.17, 15) is 9.90 Å². The van der Waals surface area contributed by atoms with Crippen LogP contribution in [0.1, 0.15) is 10.5 Å². The molecule has 0 fully saturated rings. The van der Waals surface area contributed by atoms with Gasteiger partial charge < -0.3 is 15.3 Å². The van der Waals surface area contributed by atoms with Gasteiger partial charge in [-0.2, -0.15) is 0 Å². The minimum atomic E-state index is -0.590. The molecule has 1 unspecified atom stereocenters. The summed E-state index contributed by atoms with van der Waals surface area (Å²) in [5.41, 5.74) is 0.314. The zero-order valence-electron chi connectivity index (χ0n) is 9.11. The second kappa shape index (κ2) is 6.15. The van der Waals surface area contributed by atoms with E-state index in [-0.39, 0.29) is 12.5 Å². The Bertz CT molecular complexity index is 358. The van der Waals surface area contributed by atoms with Gasteiger partial charge in [-0.15, -0.1) is 11.3 Å². The quantitative estimate of drug-likeness (QED) is 0.810. The van der Waals surface area contributed by atoms with Crippen molar-refractivity contribution in [3.05, 3.63) is 15.5 Å². The van der Waals surface area contributed by atoms with Gasteiger partial charge in [-0.05, 0) is 7.05 Å². The molecule has 1 amide bonds. The first-order valence-electron chi connectivity index (χ1n) is 4.73. The van der Waals surface area contributed by atoms with Gasteiger partial charge in [-0.1, -0.05) is 11.6 Å². The van der Waals surface area contributed by atoms with Crippen LogP contribution in [-0.2, 0) is 0 Å². The van der Waals surface area contributed by atoms with E-state index in [2.05, 4.69) is 10.3 Å². The number of rotatable bonds is 5. The number of carbonyl (C=O) groups excluding carboxylic acids is 1. The van der Waals surface area contributed by atoms with Crippen molar-refractivity contribution < 1.29 is 9.90 Å². The van der Waals surface area contributed by atoms with E-state index in [1.165, 1.54) is 16.2 Å². The normalized spacial score (nSPS) is 12.5. The van der Waals surface area contributed by atoms with Crippen molar-refractivity contribution >= 4 is 28.8 Å². The smallest absolute Gasteiger partial charge is 0.273 e. The van der Waals surface area contributed by atoms with Crippen molar-refractivity contribution in [1.29, 1.82) is 0 Å². The van der Waals surface area contributed by atoms with E-state index >= 15 is 0 Å². The lowest BCUT2D eigenvalue weighted by molar-refractivity contribution is 0.0679. The number of nitrogens with zero attached hydrogens (tertiary/aromatic N) is 2. The van der Waals surface area contributed by atoms with Gasteiger partial charge in [0, 0.05) is 25.5 Å². The minimum Gasteiger partial charge on any atom is -0.390 e. The standard InChI is InChI=1S/C9H14ClN3O2S/c1-11-3-6(14)4-13(2)8(15)7-5-16-9(10)12-7/h5-6,11,14H,3-4H2,1-2H3. The number of hydrogen-bond acceptors (Lipinski definition) is 5. The van der Waals surface area contributed by atoms with Gasteiger partial charge in [-0.3, -0.25) is 4.79 Å². The molecule has 7 heteroatoms. The van der Waals surface area contributed by atoms with Gasteiger partial charge >= 0.3 is 0 Å². The molecule has 90 valence electrons. The zero-order chi connectivity index (χ0) is 12.1. The van der Waals surface area contributed by atoms with Crippen molar-refractivity contribution in [2.75, 3.05) is 27.2 Å². The van der Waals surface area contributed by atoms with E-state index in [0.29, 0.717) is 16.7 Å². The van der Waals surface area contributed by atoms with Crippen molar-refractivity contribution in [3.8, 4) is 0 Å². The highest BCUT2D eigenvalue weighted by Crippen LogP contribution is 2.16. The minimum absolute atomic E-state index is 0.238. The predicted molar refractivity (Wildman–Crippen MR) is 64.0 cm³/mol. The number of nitrogens with one attached hydrogen (secondary N) is 1. The molecule has 0 aliphatic heterocycles. The SMILES string of the molecule is CNCC(O)CN(C)C(=O)c1csc(Cl)n1. The molecule has 1 atom stereocenters. The zero-order valence-corrected chi connectivity index (χ0v) is 10.7. The summed E-state index contributed by atoms with van der Waals surface area (Å²) in [4.78, 5) is 17.1. The Morgan fingerprint density at radius 3 is 3.00 bits per heavy atom. The molecule has 2 N–H and O–H groups in total. The van der Waals surface area contributed by atoms with Crippen LogP contribution >= 0.6 is 22.9 Å². The Labute approximate surface area is 103 Å². The predicted octanol–water partition coefficient (Wildman–Crippen LogP) is 0.449. The van der Waals surface area contributed by atoms with Gasteiger partial charge in [0.25, 0.3) is 5.91 Å². The first-order valence-corrected chi connectivity index (χ1v) is 5.99. The highest BCUT2D eigenvalue weighted by Gasteiger charge is 2.17. The summed E-state index contributed by atoms with van der Waals surface area (Å²) < 4.78 is 0.340. The number of aliphatic hydroxyl groups excluding tert-OH is 1. The number of likely N-dealkylation sites (N-methyl/N-ethyl adjacent to an activating group) is 2. The molecule has 1 aromatic heterocycles. The summed E-state index contributed by atoms with van der Waals surface area (Å²) >= 11 is 6.85. The van der Waals surface area contributed by atoms with E-state index in [1.54, 1.807) is 19.5 Å². The van der Waals surface area contributed by atoms with Crippen LogP contribution in [0.15, 0.2) is 5.38 Å². The lowest BCUT2D eigenvalue weighted by Gasteiger charge is -2.19. The second-order valence-electron chi connectivity index (χ2n) is 3.38. The third kappa shape index (κ3) is 3.71. The van der Waals surface area contributed by atoms with E-state index in [1.807, 2.05) is 0 Å². The number of amides is 1. The fourth-order valence-corrected chi connectivity index (χ4v) is 1.98. The number of thiazole rings is 1. The monoisotopic (exact) mass is 263 g/mol. The molecule has 0 saturated carbocycles. The molecule has 0 aromatic carbocycles. The molecular formula is C9H14ClN3O2S. The highest BCUT2D eigenvalue weighted by atomic mass is 35.5. The molecule has 0 bridgehead atoms. The average Bonchev–Trinajstić information content (AvgIpc) is 2.64. The molecule has 5 nitrogen and oxygen atoms in total. The van der Waals surface area contributed by atoms with Crippen LogP contribution in [-0.4, -0.2) is 54.2 Å². The number of aliphatic hydroxyl groups is 1. The molecule has 0 aliphatic rings. The van der Waals surface area contributed by atoms with Crippen LogP contribution in [0, 0.1) is 0 Å². The lowest BCUT2D eigenvalue weighted by Crippen LogP contribution is -2.38. The maximum atomic E-state index is 11.8. The highest BCUT2D eigenvalue weighted by molar-refractivity contribution is 7.14. The summed E-state index contributed by atoms with van der Waals surface area (Å²) in [5.74, 6) is -0.238. The molecule has 0 spiro atoms. The Hall–Kier alpha value is -0.690. The first-order chi connectivity index (χ1) is 7.54. The third-order valence-corrected chi connectivity index (χ3v) is 2.95. The summed E-state index contributed by atoms with van der Waals surface area (Å²) in [5, 5.41) is 14.0. The Balaban J connectivity index is 2.54. The number of hydrogen-bond donors (Lipinski definition) is 2. The Morgan fingerprint density at radius 2 is 2.50 bits per heavy atom. The van der Waals surface area contributed by atoms with E-state index in [0.717, 1.165) is 0 Å². The van der Waals surface area contributed by atoms with E-state index < -0.39 is 6.10 Å². The van der Waals surface area contributed by atoms with Crippen LogP contribution in [0.2, 0.25) is 4.47 Å². The molecule has 1 rings (SSSR count). The molecule has 1 aromatic rings. The van der Waals surface area contributed by atoms with E-state index in [4.69, 9.17) is 11.6 Å². The second-order valence-corrected chi connectivity index (χ2v) is 4.82. The summed E-state index contributed by atoms with van der Waals surface area (Å²) in [6.07, 6.45) is -0.590. The summed E-state index contributed by atoms with van der Waals surface area (Å²) in [6.45, 7) is 0.699. The van der Waals surface area contributed by atoms with Gasteiger partial charge in [0.1, 0.15) is 5.69 Å². The molecule has 0 aliphatic carbocycles. The van der Waals surface area contributed by atoms with Crippen LogP contribution in [0.25, 0.3) is 0 Å². The molecule has 0 radical (unpaired) electrons. The number of carbonyl (C=O) groups is 1. The third-order valence-electron chi connectivity index (χ3n) is 1.97. The van der Waals surface area contributed by atoms with Crippen molar-refractivity contribution in [3.63, 3.8) is 0 Å². The van der Waals surface area contributed by atoms with Crippen LogP contribution in [0.4, 0.5) is 0 Å². The number of halogens is 1. The van der Waals surface area contributed by atoms with Gasteiger partial charge in [0.15, 0.2) is 4.47 Å². The Morgan fingerprint density at radius 1 is 1.81 bits per heavy atom. The maximum Gasteiger partial charge on any atom is 0.273 e. The number of aromatic nitrogens is 1. The molecule has 0 saturated heterocycles. The fraction of sp³-hybridized carbons (Fsp3) is 0.556. The topological polar surface area (TPSA) is 65.5 Å².